The van der Waals surface area contributed by atoms with Gasteiger partial charge in [-0.2, -0.15) is 0 Å². The lowest BCUT2D eigenvalue weighted by Gasteiger charge is -2.40. The molecule has 0 N–H and O–H groups in total. The van der Waals surface area contributed by atoms with Crippen LogP contribution in [0.4, 0.5) is 0 Å². The molecular weight excluding hydrogens is 286 g/mol. The SMILES string of the molecule is Cc1cccnc1CN1CCN(C[C@H]2CCOC(C)(C)C2)CC1. The Morgan fingerprint density at radius 3 is 2.65 bits per heavy atom. The summed E-state index contributed by atoms with van der Waals surface area (Å²) >= 11 is 0. The number of hydrogen-bond donors (Lipinski definition) is 0. The second-order valence-electron chi connectivity index (χ2n) is 7.81. The van der Waals surface area contributed by atoms with Crippen LogP contribution < -0.4 is 0 Å². The Hall–Kier alpha value is -0.970. The van der Waals surface area contributed by atoms with E-state index < -0.39 is 0 Å². The Morgan fingerprint density at radius 2 is 1.96 bits per heavy atom. The molecule has 3 rings (SSSR count). The van der Waals surface area contributed by atoms with Gasteiger partial charge in [-0.3, -0.25) is 9.88 Å². The summed E-state index contributed by atoms with van der Waals surface area (Å²) in [6.45, 7) is 14.5. The summed E-state index contributed by atoms with van der Waals surface area (Å²) in [4.78, 5) is 9.72. The smallest absolute Gasteiger partial charge is 0.0629 e. The molecule has 0 aromatic carbocycles. The van der Waals surface area contributed by atoms with E-state index in [1.165, 1.54) is 43.7 Å². The lowest BCUT2D eigenvalue weighted by Crippen LogP contribution is -2.48. The average Bonchev–Trinajstić information content (AvgIpc) is 2.50. The third-order valence-corrected chi connectivity index (χ3v) is 5.27. The van der Waals surface area contributed by atoms with E-state index in [1.54, 1.807) is 0 Å². The number of rotatable bonds is 4. The van der Waals surface area contributed by atoms with Gasteiger partial charge in [0.05, 0.1) is 11.3 Å². The molecule has 3 heterocycles. The first-order valence-electron chi connectivity index (χ1n) is 9.01. The van der Waals surface area contributed by atoms with Crippen LogP contribution in [0.15, 0.2) is 18.3 Å². The van der Waals surface area contributed by atoms with Crippen molar-refractivity contribution in [2.24, 2.45) is 5.92 Å². The summed E-state index contributed by atoms with van der Waals surface area (Å²) in [7, 11) is 0. The molecular formula is C19H31N3O. The summed E-state index contributed by atoms with van der Waals surface area (Å²) in [5.41, 5.74) is 2.60. The Labute approximate surface area is 140 Å². The van der Waals surface area contributed by atoms with Crippen LogP contribution in [-0.2, 0) is 11.3 Å². The van der Waals surface area contributed by atoms with Gasteiger partial charge in [-0.25, -0.2) is 0 Å². The van der Waals surface area contributed by atoms with E-state index >= 15 is 0 Å². The minimum Gasteiger partial charge on any atom is -0.376 e. The monoisotopic (exact) mass is 317 g/mol. The molecule has 0 unspecified atom stereocenters. The molecule has 1 aromatic rings. The maximum absolute atomic E-state index is 5.85. The zero-order valence-electron chi connectivity index (χ0n) is 14.9. The molecule has 4 nitrogen and oxygen atoms in total. The van der Waals surface area contributed by atoms with Crippen molar-refractivity contribution in [3.8, 4) is 0 Å². The fraction of sp³-hybridized carbons (Fsp3) is 0.737. The maximum atomic E-state index is 5.85. The molecule has 0 bridgehead atoms. The van der Waals surface area contributed by atoms with Crippen molar-refractivity contribution in [1.82, 2.24) is 14.8 Å². The van der Waals surface area contributed by atoms with Crippen molar-refractivity contribution in [3.63, 3.8) is 0 Å². The molecule has 0 spiro atoms. The standard InChI is InChI=1S/C19H31N3O/c1-16-5-4-7-20-18(16)15-22-10-8-21(9-11-22)14-17-6-12-23-19(2,3)13-17/h4-5,7,17H,6,8-15H2,1-3H3/t17-/m0/s1. The quantitative estimate of drug-likeness (QED) is 0.854. The third-order valence-electron chi connectivity index (χ3n) is 5.27. The molecule has 0 amide bonds. The van der Waals surface area contributed by atoms with E-state index in [0.29, 0.717) is 0 Å². The molecule has 0 aliphatic carbocycles. The first-order valence-corrected chi connectivity index (χ1v) is 9.01. The lowest BCUT2D eigenvalue weighted by atomic mass is 9.88. The summed E-state index contributed by atoms with van der Waals surface area (Å²) in [6, 6.07) is 4.18. The first-order chi connectivity index (χ1) is 11.0. The molecule has 2 fully saturated rings. The van der Waals surface area contributed by atoms with Gasteiger partial charge in [0.1, 0.15) is 0 Å². The van der Waals surface area contributed by atoms with Gasteiger partial charge in [0.2, 0.25) is 0 Å². The van der Waals surface area contributed by atoms with Crippen LogP contribution in [0.1, 0.15) is 37.9 Å². The molecule has 128 valence electrons. The number of hydrogen-bond acceptors (Lipinski definition) is 4. The minimum atomic E-state index is 0.0707. The predicted molar refractivity (Wildman–Crippen MR) is 93.4 cm³/mol. The van der Waals surface area contributed by atoms with Crippen molar-refractivity contribution in [1.29, 1.82) is 0 Å². The maximum Gasteiger partial charge on any atom is 0.0629 e. The van der Waals surface area contributed by atoms with E-state index in [0.717, 1.165) is 32.2 Å². The van der Waals surface area contributed by atoms with Gasteiger partial charge in [-0.15, -0.1) is 0 Å². The Kier molecular flexibility index (Phi) is 5.34. The number of nitrogens with zero attached hydrogens (tertiary/aromatic N) is 3. The van der Waals surface area contributed by atoms with E-state index in [9.17, 15) is 0 Å². The molecule has 0 saturated carbocycles. The highest BCUT2D eigenvalue weighted by atomic mass is 16.5. The average molecular weight is 317 g/mol. The zero-order chi connectivity index (χ0) is 16.3. The van der Waals surface area contributed by atoms with Gasteiger partial charge >= 0.3 is 0 Å². The Balaban J connectivity index is 1.44. The third kappa shape index (κ3) is 4.75. The molecule has 0 radical (unpaired) electrons. The van der Waals surface area contributed by atoms with Crippen molar-refractivity contribution in [2.45, 2.75) is 45.8 Å². The van der Waals surface area contributed by atoms with Crippen molar-refractivity contribution < 1.29 is 4.74 Å². The van der Waals surface area contributed by atoms with Gasteiger partial charge in [0, 0.05) is 52.1 Å². The number of ether oxygens (including phenoxy) is 1. The molecule has 1 atom stereocenters. The first kappa shape index (κ1) is 16.9. The van der Waals surface area contributed by atoms with Crippen LogP contribution in [0.3, 0.4) is 0 Å². The van der Waals surface area contributed by atoms with E-state index in [4.69, 9.17) is 4.74 Å². The van der Waals surface area contributed by atoms with Crippen LogP contribution >= 0.6 is 0 Å². The number of piperazine rings is 1. The number of aryl methyl sites for hydroxylation is 1. The van der Waals surface area contributed by atoms with Crippen molar-refractivity contribution >= 4 is 0 Å². The van der Waals surface area contributed by atoms with Crippen LogP contribution in [0.2, 0.25) is 0 Å². The minimum absolute atomic E-state index is 0.0707. The normalized spacial score (nSPS) is 26.3. The van der Waals surface area contributed by atoms with Crippen LogP contribution in [0.5, 0.6) is 0 Å². The van der Waals surface area contributed by atoms with Gasteiger partial charge in [-0.1, -0.05) is 6.07 Å². The molecule has 2 saturated heterocycles. The molecule has 2 aliphatic heterocycles. The largest absolute Gasteiger partial charge is 0.376 e. The fourth-order valence-corrected chi connectivity index (χ4v) is 3.90. The molecule has 1 aromatic heterocycles. The summed E-state index contributed by atoms with van der Waals surface area (Å²) in [6.07, 6.45) is 4.32. The number of pyridine rings is 1. The fourth-order valence-electron chi connectivity index (χ4n) is 3.90. The van der Waals surface area contributed by atoms with Gasteiger partial charge in [0.15, 0.2) is 0 Å². The highest BCUT2D eigenvalue weighted by Crippen LogP contribution is 2.29. The Bertz CT molecular complexity index is 509. The predicted octanol–water partition coefficient (Wildman–Crippen LogP) is 2.71. The van der Waals surface area contributed by atoms with Crippen molar-refractivity contribution in [2.75, 3.05) is 39.3 Å². The summed E-state index contributed by atoms with van der Waals surface area (Å²) in [5.74, 6) is 0.795. The number of aromatic nitrogens is 1. The molecule has 2 aliphatic rings. The summed E-state index contributed by atoms with van der Waals surface area (Å²) < 4.78 is 5.85. The van der Waals surface area contributed by atoms with E-state index in [1.807, 2.05) is 12.3 Å². The van der Waals surface area contributed by atoms with E-state index in [-0.39, 0.29) is 5.60 Å². The van der Waals surface area contributed by atoms with Gasteiger partial charge in [0.25, 0.3) is 0 Å². The second-order valence-corrected chi connectivity index (χ2v) is 7.81. The molecule has 23 heavy (non-hydrogen) atoms. The highest BCUT2D eigenvalue weighted by Gasteiger charge is 2.30. The topological polar surface area (TPSA) is 28.6 Å². The van der Waals surface area contributed by atoms with Gasteiger partial charge in [-0.05, 0) is 51.2 Å². The van der Waals surface area contributed by atoms with Crippen LogP contribution in [0, 0.1) is 12.8 Å². The van der Waals surface area contributed by atoms with Crippen molar-refractivity contribution in [3.05, 3.63) is 29.6 Å². The van der Waals surface area contributed by atoms with E-state index in [2.05, 4.69) is 41.6 Å². The van der Waals surface area contributed by atoms with Crippen LogP contribution in [0.25, 0.3) is 0 Å². The molecule has 4 heteroatoms. The highest BCUT2D eigenvalue weighted by molar-refractivity contribution is 5.17. The van der Waals surface area contributed by atoms with Gasteiger partial charge < -0.3 is 9.64 Å². The Morgan fingerprint density at radius 1 is 1.22 bits per heavy atom. The van der Waals surface area contributed by atoms with Crippen LogP contribution in [-0.4, -0.2) is 59.7 Å². The second kappa shape index (κ2) is 7.29. The summed E-state index contributed by atoms with van der Waals surface area (Å²) in [5, 5.41) is 0. The zero-order valence-corrected chi connectivity index (χ0v) is 14.9. The lowest BCUT2D eigenvalue weighted by molar-refractivity contribution is -0.0782.